The third kappa shape index (κ3) is 3.08. The van der Waals surface area contributed by atoms with Crippen LogP contribution in [0.15, 0.2) is 27.6 Å². The molecule has 2 N–H and O–H groups in total. The fourth-order valence-corrected chi connectivity index (χ4v) is 5.09. The van der Waals surface area contributed by atoms with Crippen LogP contribution in [0.4, 0.5) is 0 Å². The molecular formula is C14H18BrNO3S. The van der Waals surface area contributed by atoms with Crippen molar-refractivity contribution in [3.63, 3.8) is 0 Å². The molecule has 4 nitrogen and oxygen atoms in total. The van der Waals surface area contributed by atoms with E-state index in [4.69, 9.17) is 5.11 Å². The van der Waals surface area contributed by atoms with E-state index < -0.39 is 10.0 Å². The van der Waals surface area contributed by atoms with Gasteiger partial charge in [0.15, 0.2) is 0 Å². The number of aliphatic hydroxyl groups excluding tert-OH is 1. The number of benzene rings is 1. The minimum atomic E-state index is -3.50. The van der Waals surface area contributed by atoms with Gasteiger partial charge in [-0.2, -0.15) is 0 Å². The maximum Gasteiger partial charge on any atom is 0.241 e. The van der Waals surface area contributed by atoms with E-state index in [1.165, 1.54) is 0 Å². The molecule has 110 valence electrons. The Morgan fingerprint density at radius 2 is 1.85 bits per heavy atom. The molecule has 0 radical (unpaired) electrons. The number of aliphatic hydroxyl groups is 1. The largest absolute Gasteiger partial charge is 0.392 e. The number of sulfonamides is 1. The Morgan fingerprint density at radius 3 is 2.30 bits per heavy atom. The second-order valence-corrected chi connectivity index (χ2v) is 8.28. The van der Waals surface area contributed by atoms with Gasteiger partial charge in [-0.1, -0.05) is 6.07 Å². The van der Waals surface area contributed by atoms with Crippen molar-refractivity contribution in [2.45, 2.75) is 43.2 Å². The summed E-state index contributed by atoms with van der Waals surface area (Å²) in [6.45, 7) is -0.0981. The molecule has 0 atom stereocenters. The molecular weight excluding hydrogens is 342 g/mol. The maximum atomic E-state index is 12.5. The molecule has 0 bridgehead atoms. The minimum Gasteiger partial charge on any atom is -0.392 e. The molecule has 0 saturated heterocycles. The lowest BCUT2D eigenvalue weighted by atomic mass is 10.1. The van der Waals surface area contributed by atoms with Gasteiger partial charge in [0, 0.05) is 10.5 Å². The van der Waals surface area contributed by atoms with Crippen LogP contribution in [0.3, 0.4) is 0 Å². The highest BCUT2D eigenvalue weighted by molar-refractivity contribution is 9.10. The highest BCUT2D eigenvalue weighted by Crippen LogP contribution is 2.45. The van der Waals surface area contributed by atoms with Gasteiger partial charge in [0.1, 0.15) is 0 Å². The van der Waals surface area contributed by atoms with Crippen LogP contribution in [0.2, 0.25) is 0 Å². The first-order chi connectivity index (χ1) is 9.51. The summed E-state index contributed by atoms with van der Waals surface area (Å²) >= 11 is 3.29. The van der Waals surface area contributed by atoms with E-state index in [0.29, 0.717) is 21.9 Å². The van der Waals surface area contributed by atoms with Crippen molar-refractivity contribution >= 4 is 26.0 Å². The maximum absolute atomic E-state index is 12.5. The van der Waals surface area contributed by atoms with Crippen LogP contribution < -0.4 is 4.72 Å². The summed E-state index contributed by atoms with van der Waals surface area (Å²) in [5, 5.41) is 9.08. The Kier molecular flexibility index (Phi) is 3.92. The van der Waals surface area contributed by atoms with Crippen LogP contribution in [-0.2, 0) is 16.6 Å². The first-order valence-corrected chi connectivity index (χ1v) is 9.20. The number of hydrogen-bond acceptors (Lipinski definition) is 3. The summed E-state index contributed by atoms with van der Waals surface area (Å²) in [4.78, 5) is 0.251. The molecule has 0 unspecified atom stereocenters. The number of nitrogens with one attached hydrogen (secondary N) is 1. The molecule has 2 fully saturated rings. The van der Waals surface area contributed by atoms with Gasteiger partial charge in [-0.15, -0.1) is 0 Å². The predicted molar refractivity (Wildman–Crippen MR) is 79.6 cm³/mol. The van der Waals surface area contributed by atoms with Crippen molar-refractivity contribution in [3.05, 3.63) is 28.2 Å². The van der Waals surface area contributed by atoms with Gasteiger partial charge in [0.05, 0.1) is 11.5 Å². The standard InChI is InChI=1S/C14H18BrNO3S/c15-12-7-9(8-17)1-6-13(12)20(18,19)16-14(10-2-3-10)11-4-5-11/h1,6-7,10-11,14,16-17H,2-5,8H2. The molecule has 0 aromatic heterocycles. The third-order valence-electron chi connectivity index (χ3n) is 4.02. The fourth-order valence-electron chi connectivity index (χ4n) is 2.59. The van der Waals surface area contributed by atoms with Gasteiger partial charge in [0.25, 0.3) is 0 Å². The van der Waals surface area contributed by atoms with Crippen LogP contribution in [0.5, 0.6) is 0 Å². The van der Waals surface area contributed by atoms with Crippen LogP contribution >= 0.6 is 15.9 Å². The lowest BCUT2D eigenvalue weighted by Crippen LogP contribution is -2.38. The Hall–Kier alpha value is -0.430. The lowest BCUT2D eigenvalue weighted by Gasteiger charge is -2.18. The second-order valence-electron chi connectivity index (χ2n) is 5.74. The van der Waals surface area contributed by atoms with Gasteiger partial charge in [-0.25, -0.2) is 13.1 Å². The molecule has 0 heterocycles. The summed E-state index contributed by atoms with van der Waals surface area (Å²) in [5.74, 6) is 1.04. The third-order valence-corrected chi connectivity index (χ3v) is 6.46. The van der Waals surface area contributed by atoms with E-state index in [-0.39, 0.29) is 17.5 Å². The zero-order valence-corrected chi connectivity index (χ0v) is 13.5. The Bertz CT molecular complexity index is 597. The Morgan fingerprint density at radius 1 is 1.25 bits per heavy atom. The second kappa shape index (κ2) is 5.40. The average molecular weight is 360 g/mol. The molecule has 0 aliphatic heterocycles. The summed E-state index contributed by atoms with van der Waals surface area (Å²) in [6, 6.07) is 4.94. The number of halogens is 1. The first kappa shape index (κ1) is 14.5. The van der Waals surface area contributed by atoms with Gasteiger partial charge in [-0.05, 0) is 71.1 Å². The van der Waals surface area contributed by atoms with Gasteiger partial charge in [-0.3, -0.25) is 0 Å². The molecule has 1 aromatic carbocycles. The smallest absolute Gasteiger partial charge is 0.241 e. The summed E-state index contributed by atoms with van der Waals surface area (Å²) < 4.78 is 28.4. The van der Waals surface area contributed by atoms with E-state index in [9.17, 15) is 8.42 Å². The van der Waals surface area contributed by atoms with Crippen LogP contribution in [0.25, 0.3) is 0 Å². The molecule has 0 spiro atoms. The molecule has 2 saturated carbocycles. The normalized spacial score (nSPS) is 19.6. The Labute approximate surface area is 127 Å². The molecule has 20 heavy (non-hydrogen) atoms. The van der Waals surface area contributed by atoms with Crippen molar-refractivity contribution < 1.29 is 13.5 Å². The fraction of sp³-hybridized carbons (Fsp3) is 0.571. The summed E-state index contributed by atoms with van der Waals surface area (Å²) in [6.07, 6.45) is 4.53. The zero-order valence-electron chi connectivity index (χ0n) is 11.0. The number of hydrogen-bond donors (Lipinski definition) is 2. The summed E-state index contributed by atoms with van der Waals surface area (Å²) in [7, 11) is -3.50. The van der Waals surface area contributed by atoms with Crippen molar-refractivity contribution in [1.29, 1.82) is 0 Å². The molecule has 0 amide bonds. The van der Waals surface area contributed by atoms with E-state index in [0.717, 1.165) is 25.7 Å². The van der Waals surface area contributed by atoms with Crippen molar-refractivity contribution in [2.24, 2.45) is 11.8 Å². The molecule has 1 aromatic rings. The van der Waals surface area contributed by atoms with Crippen LogP contribution in [0, 0.1) is 11.8 Å². The SMILES string of the molecule is O=S(=O)(NC(C1CC1)C1CC1)c1ccc(CO)cc1Br. The average Bonchev–Trinajstić information content (AvgIpc) is 3.28. The van der Waals surface area contributed by atoms with E-state index >= 15 is 0 Å². The van der Waals surface area contributed by atoms with Crippen LogP contribution in [-0.4, -0.2) is 19.6 Å². The first-order valence-electron chi connectivity index (χ1n) is 6.93. The highest BCUT2D eigenvalue weighted by atomic mass is 79.9. The van der Waals surface area contributed by atoms with E-state index in [1.54, 1.807) is 18.2 Å². The topological polar surface area (TPSA) is 66.4 Å². The molecule has 2 aliphatic carbocycles. The van der Waals surface area contributed by atoms with Gasteiger partial charge >= 0.3 is 0 Å². The number of rotatable bonds is 6. The van der Waals surface area contributed by atoms with Crippen LogP contribution in [0.1, 0.15) is 31.2 Å². The summed E-state index contributed by atoms with van der Waals surface area (Å²) in [5.41, 5.74) is 0.691. The van der Waals surface area contributed by atoms with Gasteiger partial charge < -0.3 is 5.11 Å². The quantitative estimate of drug-likeness (QED) is 0.819. The molecule has 3 rings (SSSR count). The Balaban J connectivity index is 1.83. The zero-order chi connectivity index (χ0) is 14.3. The van der Waals surface area contributed by atoms with Crippen molar-refractivity contribution in [1.82, 2.24) is 4.72 Å². The lowest BCUT2D eigenvalue weighted by molar-refractivity contribution is 0.281. The van der Waals surface area contributed by atoms with E-state index in [2.05, 4.69) is 20.7 Å². The molecule has 2 aliphatic rings. The predicted octanol–water partition coefficient (Wildman–Crippen LogP) is 2.41. The van der Waals surface area contributed by atoms with E-state index in [1.807, 2.05) is 0 Å². The highest BCUT2D eigenvalue weighted by Gasteiger charge is 2.43. The van der Waals surface area contributed by atoms with Gasteiger partial charge in [0.2, 0.25) is 10.0 Å². The monoisotopic (exact) mass is 359 g/mol. The van der Waals surface area contributed by atoms with Crippen molar-refractivity contribution in [3.8, 4) is 0 Å². The molecule has 6 heteroatoms. The minimum absolute atomic E-state index is 0.0981. The van der Waals surface area contributed by atoms with Crippen molar-refractivity contribution in [2.75, 3.05) is 0 Å².